The molecule has 4 heterocycles. The third-order valence-corrected chi connectivity index (χ3v) is 14.5. The Kier molecular flexibility index (Phi) is 13.6. The number of ether oxygens (including phenoxy) is 2. The van der Waals surface area contributed by atoms with Crippen molar-refractivity contribution in [1.29, 1.82) is 0 Å². The highest BCUT2D eigenvalue weighted by Gasteiger charge is 2.61. The summed E-state index contributed by atoms with van der Waals surface area (Å²) in [6, 6.07) is 12.6. The second-order valence-electron chi connectivity index (χ2n) is 18.4. The number of benzene rings is 2. The molecule has 2 aromatic carbocycles. The molecule has 0 radical (unpaired) electrons. The van der Waals surface area contributed by atoms with Gasteiger partial charge in [0.25, 0.3) is 6.01 Å². The third kappa shape index (κ3) is 10.3. The average molecular weight is 922 g/mol. The van der Waals surface area contributed by atoms with Crippen molar-refractivity contribution in [2.75, 3.05) is 20.6 Å². The first-order valence-electron chi connectivity index (χ1n) is 21.6. The molecule has 7 rings (SSSR count). The van der Waals surface area contributed by atoms with Crippen molar-refractivity contribution in [2.24, 2.45) is 17.3 Å². The first-order valence-corrected chi connectivity index (χ1v) is 24.3. The molecule has 14 nitrogen and oxygen atoms in total. The number of fused-ring (bicyclic) bond motifs is 3. The number of halogens is 1. The Labute approximate surface area is 378 Å². The largest absolute Gasteiger partial charge is 0.460 e. The molecule has 1 saturated carbocycles. The van der Waals surface area contributed by atoms with Crippen LogP contribution >= 0.6 is 22.9 Å². The van der Waals surface area contributed by atoms with Gasteiger partial charge in [-0.1, -0.05) is 54.8 Å². The highest BCUT2D eigenvalue weighted by atomic mass is 35.5. The molecule has 4 aromatic rings. The summed E-state index contributed by atoms with van der Waals surface area (Å²) in [5, 5.41) is 3.36. The first-order chi connectivity index (χ1) is 29.8. The quantitative estimate of drug-likeness (QED) is 0.121. The smallest absolute Gasteiger partial charge is 0.307 e. The molecule has 5 atom stereocenters. The molecule has 2 fully saturated rings. The van der Waals surface area contributed by atoms with Gasteiger partial charge < -0.3 is 14.4 Å². The highest BCUT2D eigenvalue weighted by molar-refractivity contribution is 7.87. The fraction of sp³-hybridized carbons (Fsp3) is 0.522. The zero-order chi connectivity index (χ0) is 45.4. The Balaban J connectivity index is 1.23. The number of amides is 2. The van der Waals surface area contributed by atoms with Gasteiger partial charge in [-0.3, -0.25) is 23.7 Å². The summed E-state index contributed by atoms with van der Waals surface area (Å²) in [7, 11) is -1.51. The highest BCUT2D eigenvalue weighted by Crippen LogP contribution is 2.57. The number of aromatic nitrogens is 3. The van der Waals surface area contributed by atoms with E-state index in [2.05, 4.69) is 4.72 Å². The number of hydrogen-bond acceptors (Lipinski definition) is 11. The maximum Gasteiger partial charge on any atom is 0.307 e. The molecule has 17 heteroatoms. The third-order valence-electron chi connectivity index (χ3n) is 12.0. The number of imidazole rings is 1. The number of carbonyl (C=O) groups is 4. The lowest BCUT2D eigenvalue weighted by Crippen LogP contribution is -2.47. The van der Waals surface area contributed by atoms with Gasteiger partial charge >= 0.3 is 16.2 Å². The van der Waals surface area contributed by atoms with Crippen LogP contribution < -0.4 is 9.46 Å². The van der Waals surface area contributed by atoms with Crippen molar-refractivity contribution >= 4 is 67.7 Å². The van der Waals surface area contributed by atoms with E-state index in [1.165, 1.54) is 30.3 Å². The van der Waals surface area contributed by atoms with Gasteiger partial charge in [-0.2, -0.15) is 17.7 Å². The molecular formula is C46H57ClN6O8S2. The van der Waals surface area contributed by atoms with E-state index in [0.717, 1.165) is 44.5 Å². The molecule has 3 aliphatic rings. The molecule has 2 aromatic heterocycles. The number of thiazole rings is 1. The van der Waals surface area contributed by atoms with Gasteiger partial charge in [-0.15, -0.1) is 11.3 Å². The lowest BCUT2D eigenvalue weighted by atomic mass is 9.90. The van der Waals surface area contributed by atoms with E-state index < -0.39 is 51.2 Å². The molecule has 2 amide bonds. The van der Waals surface area contributed by atoms with Crippen LogP contribution in [0.1, 0.15) is 98.4 Å². The van der Waals surface area contributed by atoms with Crippen LogP contribution in [0.5, 0.6) is 6.01 Å². The van der Waals surface area contributed by atoms with E-state index in [-0.39, 0.29) is 55.9 Å². The van der Waals surface area contributed by atoms with Gasteiger partial charge in [-0.25, -0.2) is 9.71 Å². The SMILES string of the molecule is CC(C)n1c(O[C@@H]2C[C@H]3C(=O)C[C@]4(C(=O)NS(=O)(=O)N(C)C)C[C@H]4/C=C\CCCCC[C@H](CC(=O)OC(C)(C)C)C(=O)N3C2)nc2c(-c3nc(-c4cccc(Cl)c4)cs3)cccc21. The normalized spacial score (nSPS) is 24.1. The van der Waals surface area contributed by atoms with Gasteiger partial charge in [0.15, 0.2) is 5.78 Å². The van der Waals surface area contributed by atoms with Crippen molar-refractivity contribution < 1.29 is 37.1 Å². The number of rotatable bonds is 10. The number of esters is 1. The van der Waals surface area contributed by atoms with E-state index >= 15 is 0 Å². The maximum absolute atomic E-state index is 14.8. The van der Waals surface area contributed by atoms with Crippen LogP contribution in [-0.2, 0) is 34.1 Å². The lowest BCUT2D eigenvalue weighted by Gasteiger charge is -2.29. The molecule has 338 valence electrons. The first kappa shape index (κ1) is 46.4. The summed E-state index contributed by atoms with van der Waals surface area (Å²) >= 11 is 7.78. The van der Waals surface area contributed by atoms with Crippen molar-refractivity contribution in [1.82, 2.24) is 28.5 Å². The molecule has 0 bridgehead atoms. The van der Waals surface area contributed by atoms with Crippen molar-refractivity contribution in [3.8, 4) is 27.8 Å². The average Bonchev–Trinajstić information content (AvgIpc) is 3.55. The van der Waals surface area contributed by atoms with Crippen molar-refractivity contribution in [3.63, 3.8) is 0 Å². The van der Waals surface area contributed by atoms with Crippen molar-refractivity contribution in [2.45, 2.75) is 116 Å². The van der Waals surface area contributed by atoms with E-state index in [4.69, 9.17) is 31.0 Å². The van der Waals surface area contributed by atoms with E-state index in [1.807, 2.05) is 78.4 Å². The minimum Gasteiger partial charge on any atom is -0.460 e. The van der Waals surface area contributed by atoms with Crippen molar-refractivity contribution in [3.05, 3.63) is 65.0 Å². The van der Waals surface area contributed by atoms with Crippen LogP contribution in [0, 0.1) is 17.3 Å². The predicted molar refractivity (Wildman–Crippen MR) is 243 cm³/mol. The molecule has 63 heavy (non-hydrogen) atoms. The number of carbonyl (C=O) groups excluding carboxylic acids is 4. The number of allylic oxidation sites excluding steroid dienone is 2. The molecule has 1 aliphatic carbocycles. The van der Waals surface area contributed by atoms with Crippen LogP contribution in [-0.4, -0.2) is 94.1 Å². The fourth-order valence-corrected chi connectivity index (χ4v) is 10.4. The molecule has 1 saturated heterocycles. The monoisotopic (exact) mass is 920 g/mol. The second-order valence-corrected chi connectivity index (χ2v) is 21.6. The predicted octanol–water partition coefficient (Wildman–Crippen LogP) is 8.17. The Morgan fingerprint density at radius 1 is 1.08 bits per heavy atom. The number of hydrogen-bond donors (Lipinski definition) is 1. The van der Waals surface area contributed by atoms with Crippen LogP contribution in [0.4, 0.5) is 0 Å². The summed E-state index contributed by atoms with van der Waals surface area (Å²) < 4.78 is 43.2. The topological polar surface area (TPSA) is 170 Å². The molecular weight excluding hydrogens is 864 g/mol. The maximum atomic E-state index is 14.8. The van der Waals surface area contributed by atoms with Crippen LogP contribution in [0.25, 0.3) is 32.9 Å². The van der Waals surface area contributed by atoms with Gasteiger partial charge in [0, 0.05) is 60.4 Å². The molecule has 0 unspecified atom stereocenters. The zero-order valence-electron chi connectivity index (χ0n) is 36.9. The van der Waals surface area contributed by atoms with Gasteiger partial charge in [0.05, 0.1) is 35.6 Å². The molecule has 2 aliphatic heterocycles. The van der Waals surface area contributed by atoms with Crippen LogP contribution in [0.15, 0.2) is 60.0 Å². The lowest BCUT2D eigenvalue weighted by molar-refractivity contribution is -0.159. The summed E-state index contributed by atoms with van der Waals surface area (Å²) in [4.78, 5) is 68.2. The summed E-state index contributed by atoms with van der Waals surface area (Å²) in [5.41, 5.74) is 1.93. The molecule has 0 spiro atoms. The van der Waals surface area contributed by atoms with Gasteiger partial charge in [0.2, 0.25) is 11.8 Å². The Morgan fingerprint density at radius 2 is 1.84 bits per heavy atom. The van der Waals surface area contributed by atoms with E-state index in [1.54, 1.807) is 20.8 Å². The zero-order valence-corrected chi connectivity index (χ0v) is 39.3. The Bertz CT molecular complexity index is 2530. The Hall–Kier alpha value is -4.64. The van der Waals surface area contributed by atoms with Crippen LogP contribution in [0.3, 0.4) is 0 Å². The summed E-state index contributed by atoms with van der Waals surface area (Å²) in [6.07, 6.45) is 6.58. The summed E-state index contributed by atoms with van der Waals surface area (Å²) in [5.74, 6) is -3.12. The van der Waals surface area contributed by atoms with E-state index in [0.29, 0.717) is 35.8 Å². The molecule has 1 N–H and O–H groups in total. The number of ketones is 1. The summed E-state index contributed by atoms with van der Waals surface area (Å²) in [6.45, 7) is 9.40. The number of Topliss-reactive ketones (excluding diaryl/α,β-unsaturated/α-hetero) is 1. The number of nitrogens with one attached hydrogen (secondary N) is 1. The Morgan fingerprint density at radius 3 is 2.56 bits per heavy atom. The fourth-order valence-electron chi connectivity index (χ4n) is 8.70. The number of nitrogens with zero attached hydrogens (tertiary/aromatic N) is 5. The number of para-hydroxylation sites is 1. The minimum absolute atomic E-state index is 0.0290. The van der Waals surface area contributed by atoms with Crippen LogP contribution in [0.2, 0.25) is 5.02 Å². The minimum atomic E-state index is -4.15. The standard InChI is InChI=1S/C46H57ClN6O8S2/c1-28(2)53-36-20-14-19-34(41-48-35(27-62-41)29-16-13-18-32(47)21-29)40(36)49-44(53)60-33-23-37-38(54)25-46(43(57)50-63(58,59)51(6)7)24-31(46)17-12-10-8-9-11-15-30(42(56)52(37)26-33)22-39(55)61-45(3,4)5/h12-14,16-21,27-28,30-31,33,37H,8-11,15,22-26H2,1-7H3,(H,50,57)/b17-12-/t30-,31-,33-,37+,46-/m1/s1. The van der Waals surface area contributed by atoms with Gasteiger partial charge in [-0.05, 0) is 90.5 Å². The van der Waals surface area contributed by atoms with Gasteiger partial charge in [0.1, 0.15) is 22.2 Å². The van der Waals surface area contributed by atoms with E-state index in [9.17, 15) is 27.6 Å². The second kappa shape index (κ2) is 18.5.